The van der Waals surface area contributed by atoms with Crippen molar-refractivity contribution in [3.63, 3.8) is 0 Å². The van der Waals surface area contributed by atoms with Gasteiger partial charge in [0.25, 0.3) is 18.2 Å². The molecule has 1 saturated heterocycles. The van der Waals surface area contributed by atoms with E-state index in [1.807, 2.05) is 6.92 Å². The lowest BCUT2D eigenvalue weighted by Gasteiger charge is -2.26. The Morgan fingerprint density at radius 3 is 2.38 bits per heavy atom. The van der Waals surface area contributed by atoms with Gasteiger partial charge in [-0.1, -0.05) is 12.2 Å². The van der Waals surface area contributed by atoms with E-state index >= 15 is 0 Å². The number of hydrogen-bond donors (Lipinski definition) is 3. The van der Waals surface area contributed by atoms with Gasteiger partial charge >= 0.3 is 0 Å². The molecule has 1 aromatic rings. The number of aliphatic hydroxyl groups is 1. The summed E-state index contributed by atoms with van der Waals surface area (Å²) in [6.45, 7) is 6.92. The van der Waals surface area contributed by atoms with Crippen molar-refractivity contribution < 1.29 is 23.5 Å². The highest BCUT2D eigenvalue weighted by atomic mass is 32.1. The number of aromatic nitrogens is 1. The maximum Gasteiger partial charge on any atom is 0.265 e. The van der Waals surface area contributed by atoms with Crippen LogP contribution < -0.4 is 10.6 Å². The third-order valence-corrected chi connectivity index (χ3v) is 8.11. The highest BCUT2D eigenvalue weighted by Gasteiger charge is 2.42. The number of alkyl halides is 2. The second-order valence-electron chi connectivity index (χ2n) is 11.8. The molecule has 39 heavy (non-hydrogen) atoms. The summed E-state index contributed by atoms with van der Waals surface area (Å²) in [6, 6.07) is 0.179. The average Bonchev–Trinajstić information content (AvgIpc) is 3.81. The zero-order valence-corrected chi connectivity index (χ0v) is 23.9. The smallest absolute Gasteiger partial charge is 0.265 e. The van der Waals surface area contributed by atoms with Gasteiger partial charge in [0.1, 0.15) is 5.82 Å². The lowest BCUT2D eigenvalue weighted by atomic mass is 10.0. The number of pyridine rings is 1. The molecule has 2 heterocycles. The maximum atomic E-state index is 14.3. The van der Waals surface area contributed by atoms with E-state index in [1.54, 1.807) is 18.7 Å². The minimum Gasteiger partial charge on any atom is -0.389 e. The number of amides is 2. The van der Waals surface area contributed by atoms with Gasteiger partial charge in [-0.15, -0.1) is 0 Å². The summed E-state index contributed by atoms with van der Waals surface area (Å²) in [7, 11) is 0. The van der Waals surface area contributed by atoms with Gasteiger partial charge in [-0.2, -0.15) is 0 Å². The Morgan fingerprint density at radius 2 is 1.87 bits per heavy atom. The van der Waals surface area contributed by atoms with Crippen molar-refractivity contribution in [2.75, 3.05) is 18.4 Å². The second kappa shape index (κ2) is 11.9. The molecule has 2 saturated carbocycles. The van der Waals surface area contributed by atoms with Crippen molar-refractivity contribution in [1.82, 2.24) is 15.2 Å². The van der Waals surface area contributed by atoms with Crippen molar-refractivity contribution in [1.29, 1.82) is 0 Å². The molecule has 1 aliphatic heterocycles. The number of carbonyl (C=O) groups excluding carboxylic acids is 2. The molecule has 214 valence electrons. The normalized spacial score (nSPS) is 20.9. The van der Waals surface area contributed by atoms with Crippen molar-refractivity contribution in [2.24, 2.45) is 16.8 Å². The number of hydrogen-bond acceptors (Lipinski definition) is 7. The summed E-state index contributed by atoms with van der Waals surface area (Å²) in [6.07, 6.45) is 4.63. The molecule has 4 rings (SSSR count). The van der Waals surface area contributed by atoms with E-state index in [0.717, 1.165) is 38.5 Å². The first-order valence-electron chi connectivity index (χ1n) is 13.8. The van der Waals surface area contributed by atoms with Crippen LogP contribution in [0.4, 0.5) is 14.6 Å². The lowest BCUT2D eigenvalue weighted by Crippen LogP contribution is -2.45. The van der Waals surface area contributed by atoms with Crippen LogP contribution in [0.2, 0.25) is 0 Å². The molecule has 1 unspecified atom stereocenters. The number of anilines is 1. The van der Waals surface area contributed by atoms with E-state index in [2.05, 4.69) is 20.6 Å². The first kappa shape index (κ1) is 29.5. The summed E-state index contributed by atoms with van der Waals surface area (Å²) in [5, 5.41) is 15.9. The van der Waals surface area contributed by atoms with Gasteiger partial charge in [0.05, 0.1) is 16.2 Å². The first-order valence-corrected chi connectivity index (χ1v) is 14.2. The molecule has 3 fully saturated rings. The summed E-state index contributed by atoms with van der Waals surface area (Å²) < 4.78 is 28.7. The van der Waals surface area contributed by atoms with Gasteiger partial charge < -0.3 is 20.6 Å². The Hall–Kier alpha value is -2.53. The quantitative estimate of drug-likeness (QED) is 0.201. The zero-order valence-electron chi connectivity index (χ0n) is 23.0. The largest absolute Gasteiger partial charge is 0.389 e. The SMILES string of the molecule is C/C(=N\C(C(=O)N1CCC[C@@H]1C)C(=S)c1cnc(NC(C2CC2)C2CC2)cc1C(F)F)C(=O)NCC(C)(C)O. The third kappa shape index (κ3) is 7.57. The van der Waals surface area contributed by atoms with Crippen molar-refractivity contribution in [3.8, 4) is 0 Å². The fourth-order valence-electron chi connectivity index (χ4n) is 5.11. The van der Waals surface area contributed by atoms with Crippen LogP contribution in [-0.4, -0.2) is 74.2 Å². The fraction of sp³-hybridized carbons (Fsp3) is 0.679. The van der Waals surface area contributed by atoms with E-state index in [4.69, 9.17) is 12.2 Å². The molecule has 8 nitrogen and oxygen atoms in total. The molecule has 11 heteroatoms. The number of aliphatic imine (C=N–C) groups is 1. The topological polar surface area (TPSA) is 107 Å². The average molecular weight is 564 g/mol. The molecule has 1 aromatic heterocycles. The van der Waals surface area contributed by atoms with Crippen molar-refractivity contribution in [2.45, 2.75) is 96.4 Å². The number of thiocarbonyl (C=S) groups is 1. The third-order valence-electron chi connectivity index (χ3n) is 7.66. The van der Waals surface area contributed by atoms with Crippen molar-refractivity contribution >= 4 is 40.4 Å². The summed E-state index contributed by atoms with van der Waals surface area (Å²) in [5.74, 6) is 0.482. The highest BCUT2D eigenvalue weighted by molar-refractivity contribution is 7.81. The number of nitrogens with one attached hydrogen (secondary N) is 2. The summed E-state index contributed by atoms with van der Waals surface area (Å²) >= 11 is 5.64. The van der Waals surface area contributed by atoms with Crippen LogP contribution in [0.1, 0.15) is 83.8 Å². The van der Waals surface area contributed by atoms with Crippen LogP contribution in [0.3, 0.4) is 0 Å². The van der Waals surface area contributed by atoms with E-state index in [-0.39, 0.29) is 40.3 Å². The highest BCUT2D eigenvalue weighted by Crippen LogP contribution is 2.46. The molecular formula is C28H39F2N5O3S. The summed E-state index contributed by atoms with van der Waals surface area (Å²) in [4.78, 5) is 36.6. The number of rotatable bonds is 12. The Labute approximate surface area is 234 Å². The zero-order chi connectivity index (χ0) is 28.5. The van der Waals surface area contributed by atoms with E-state index < -0.39 is 29.9 Å². The lowest BCUT2D eigenvalue weighted by molar-refractivity contribution is -0.131. The van der Waals surface area contributed by atoms with Crippen LogP contribution in [0.25, 0.3) is 0 Å². The van der Waals surface area contributed by atoms with Gasteiger partial charge in [-0.3, -0.25) is 14.6 Å². The number of carbonyl (C=O) groups is 2. The molecule has 0 spiro atoms. The van der Waals surface area contributed by atoms with Gasteiger partial charge in [0, 0.05) is 42.5 Å². The van der Waals surface area contributed by atoms with Crippen molar-refractivity contribution in [3.05, 3.63) is 23.4 Å². The Balaban J connectivity index is 1.63. The molecule has 2 atom stereocenters. The Bertz CT molecular complexity index is 1120. The molecule has 3 aliphatic rings. The Kier molecular flexibility index (Phi) is 9.00. The van der Waals surface area contributed by atoms with Gasteiger partial charge in [0.2, 0.25) is 0 Å². The maximum absolute atomic E-state index is 14.3. The molecule has 0 bridgehead atoms. The standard InChI is InChI=1S/C28H39F2N5O3S/c1-15-6-5-11-35(15)27(37)23(33-16(2)26(36)32-14-28(3,4)38)24(39)20-13-31-21(12-19(20)25(29)30)34-22(17-7-8-17)18-9-10-18/h12-13,15,17-18,22-23,25,38H,5-11,14H2,1-4H3,(H,31,34)(H,32,36)/b33-16+/t15-,23?/m0/s1. The van der Waals surface area contributed by atoms with Crippen LogP contribution in [0.5, 0.6) is 0 Å². The summed E-state index contributed by atoms with van der Waals surface area (Å²) in [5.41, 5.74) is -1.50. The van der Waals surface area contributed by atoms with Gasteiger partial charge in [-0.25, -0.2) is 13.8 Å². The minimum atomic E-state index is -2.84. The van der Waals surface area contributed by atoms with Gasteiger partial charge in [0.15, 0.2) is 6.04 Å². The van der Waals surface area contributed by atoms with Crippen LogP contribution in [0, 0.1) is 11.8 Å². The Morgan fingerprint density at radius 1 is 1.23 bits per heavy atom. The molecular weight excluding hydrogens is 524 g/mol. The van der Waals surface area contributed by atoms with E-state index in [9.17, 15) is 23.5 Å². The monoisotopic (exact) mass is 563 g/mol. The fourth-order valence-corrected chi connectivity index (χ4v) is 5.43. The van der Waals surface area contributed by atoms with E-state index in [0.29, 0.717) is 24.2 Å². The van der Waals surface area contributed by atoms with E-state index in [1.165, 1.54) is 19.2 Å². The van der Waals surface area contributed by atoms with Gasteiger partial charge in [-0.05, 0) is 84.1 Å². The minimum absolute atomic E-state index is 0.0152. The molecule has 0 radical (unpaired) electrons. The number of nitrogens with zero attached hydrogens (tertiary/aromatic N) is 3. The predicted molar refractivity (Wildman–Crippen MR) is 150 cm³/mol. The number of halogens is 2. The van der Waals surface area contributed by atoms with Crippen LogP contribution >= 0.6 is 12.2 Å². The second-order valence-corrected chi connectivity index (χ2v) is 12.2. The molecule has 0 aromatic carbocycles. The number of likely N-dealkylation sites (tertiary alicyclic amines) is 1. The molecule has 2 amide bonds. The molecule has 2 aliphatic carbocycles. The first-order chi connectivity index (χ1) is 18.4. The predicted octanol–water partition coefficient (Wildman–Crippen LogP) is 4.07. The van der Waals surface area contributed by atoms with Crippen LogP contribution in [-0.2, 0) is 9.59 Å². The van der Waals surface area contributed by atoms with Crippen LogP contribution in [0.15, 0.2) is 17.3 Å². The molecule has 3 N–H and O–H groups in total.